The van der Waals surface area contributed by atoms with Crippen LogP contribution < -0.4 is 19.7 Å². The van der Waals surface area contributed by atoms with Crippen LogP contribution in [0, 0.1) is 6.92 Å². The van der Waals surface area contributed by atoms with Crippen LogP contribution in [0.2, 0.25) is 0 Å². The fraction of sp³-hybridized carbons (Fsp3) is 0.345. The van der Waals surface area contributed by atoms with Gasteiger partial charge in [-0.3, -0.25) is 4.90 Å². The Morgan fingerprint density at radius 1 is 0.925 bits per heavy atom. The van der Waals surface area contributed by atoms with Crippen LogP contribution in [0.1, 0.15) is 24.8 Å². The van der Waals surface area contributed by atoms with E-state index in [1.54, 1.807) is 23.2 Å². The van der Waals surface area contributed by atoms with Gasteiger partial charge in [-0.15, -0.1) is 0 Å². The van der Waals surface area contributed by atoms with Gasteiger partial charge >= 0.3 is 0 Å². The van der Waals surface area contributed by atoms with Crippen molar-refractivity contribution in [3.63, 3.8) is 0 Å². The number of fused-ring (bicyclic) bond motifs is 3. The first-order valence-electron chi connectivity index (χ1n) is 13.7. The van der Waals surface area contributed by atoms with E-state index in [0.717, 1.165) is 71.8 Å². The normalized spacial score (nSPS) is 20.5. The van der Waals surface area contributed by atoms with E-state index in [-0.39, 0.29) is 0 Å². The molecule has 2 aliphatic heterocycles. The molecule has 2 aromatic carbocycles. The number of aromatic nitrogens is 6. The molecule has 2 saturated heterocycles. The molecule has 1 aliphatic carbocycles. The second kappa shape index (κ2) is 9.02. The summed E-state index contributed by atoms with van der Waals surface area (Å²) in [6.45, 7) is 4.11. The third-order valence-electron chi connectivity index (χ3n) is 8.22. The van der Waals surface area contributed by atoms with Crippen LogP contribution >= 0.6 is 0 Å². The van der Waals surface area contributed by atoms with Crippen LogP contribution in [0.4, 0.5) is 17.2 Å². The molecule has 5 aromatic rings. The summed E-state index contributed by atoms with van der Waals surface area (Å²) in [7, 11) is 2.22. The monoisotopic (exact) mass is 535 g/mol. The van der Waals surface area contributed by atoms with Crippen molar-refractivity contribution in [3.8, 4) is 17.4 Å². The van der Waals surface area contributed by atoms with Crippen molar-refractivity contribution in [2.75, 3.05) is 30.4 Å². The second-order valence-corrected chi connectivity index (χ2v) is 10.9. The molecule has 0 unspecified atom stereocenters. The van der Waals surface area contributed by atoms with Gasteiger partial charge in [0.15, 0.2) is 5.65 Å². The Hall–Kier alpha value is -4.51. The van der Waals surface area contributed by atoms with Crippen LogP contribution in [0.3, 0.4) is 0 Å². The standard InChI is InChI=1S/C29H29N9O2/c1-17-11-18(3-7-23(17)40-26-12-25-31-15-34-38(25)16-33-26)35-29-27-20(30-14-32-29)6-8-24(39-19-4-5-19)28(27)37-13-22-21(37)9-10-36(22)2/h3,6-8,11-12,14-16,19,21-22H,4-5,9-10,13H2,1-2H3,(H,30,32,35)/t21-,22-/m0/s1. The molecule has 3 fully saturated rings. The van der Waals surface area contributed by atoms with Crippen molar-refractivity contribution in [1.29, 1.82) is 0 Å². The highest BCUT2D eigenvalue weighted by Crippen LogP contribution is 2.47. The van der Waals surface area contributed by atoms with Crippen molar-refractivity contribution in [3.05, 3.63) is 60.9 Å². The fourth-order valence-electron chi connectivity index (χ4n) is 5.88. The molecule has 11 nitrogen and oxygen atoms in total. The van der Waals surface area contributed by atoms with Gasteiger partial charge in [-0.05, 0) is 69.1 Å². The van der Waals surface area contributed by atoms with E-state index in [0.29, 0.717) is 35.5 Å². The van der Waals surface area contributed by atoms with Gasteiger partial charge in [-0.2, -0.15) is 5.10 Å². The first kappa shape index (κ1) is 23.4. The van der Waals surface area contributed by atoms with Crippen molar-refractivity contribution in [2.45, 2.75) is 44.4 Å². The van der Waals surface area contributed by atoms with E-state index < -0.39 is 0 Å². The van der Waals surface area contributed by atoms with Crippen LogP contribution in [0.15, 0.2) is 55.4 Å². The molecule has 11 heteroatoms. The number of nitrogens with zero attached hydrogens (tertiary/aromatic N) is 8. The summed E-state index contributed by atoms with van der Waals surface area (Å²) in [5, 5.41) is 8.65. The number of likely N-dealkylation sites (N-methyl/N-ethyl adjacent to an activating group) is 1. The number of likely N-dealkylation sites (tertiary alicyclic amines) is 1. The van der Waals surface area contributed by atoms with Gasteiger partial charge in [-0.1, -0.05) is 0 Å². The van der Waals surface area contributed by atoms with Crippen molar-refractivity contribution in [1.82, 2.24) is 34.4 Å². The Balaban J connectivity index is 1.13. The van der Waals surface area contributed by atoms with E-state index in [1.807, 2.05) is 25.1 Å². The SMILES string of the molecule is Cc1cc(Nc2ncnc3ccc(OC4CC4)c(N4C[C@H]5[C@@H]4CCN5C)c23)ccc1Oc1cc2ncnn2cn1. The first-order chi connectivity index (χ1) is 19.6. The molecular formula is C29H29N9O2. The summed E-state index contributed by atoms with van der Waals surface area (Å²) in [5.74, 6) is 2.87. The average molecular weight is 536 g/mol. The number of hydrogen-bond donors (Lipinski definition) is 1. The third kappa shape index (κ3) is 3.96. The topological polar surface area (TPSA) is 106 Å². The number of aryl methyl sites for hydroxylation is 1. The van der Waals surface area contributed by atoms with Crippen LogP contribution in [0.25, 0.3) is 16.6 Å². The van der Waals surface area contributed by atoms with Crippen LogP contribution in [-0.4, -0.2) is 72.8 Å². The Labute approximate surface area is 230 Å². The van der Waals surface area contributed by atoms with Crippen LogP contribution in [0.5, 0.6) is 17.4 Å². The lowest BCUT2D eigenvalue weighted by molar-refractivity contribution is 0.238. The molecule has 40 heavy (non-hydrogen) atoms. The first-order valence-corrected chi connectivity index (χ1v) is 13.7. The van der Waals surface area contributed by atoms with Gasteiger partial charge in [0.1, 0.15) is 36.3 Å². The lowest BCUT2D eigenvalue weighted by Crippen LogP contribution is -2.61. The zero-order chi connectivity index (χ0) is 26.8. The Bertz CT molecular complexity index is 1750. The largest absolute Gasteiger partial charge is 0.488 e. The predicted molar refractivity (Wildman–Crippen MR) is 151 cm³/mol. The fourth-order valence-corrected chi connectivity index (χ4v) is 5.88. The maximum atomic E-state index is 6.44. The second-order valence-electron chi connectivity index (χ2n) is 10.9. The minimum atomic E-state index is 0.302. The number of rotatable bonds is 7. The molecule has 2 atom stereocenters. The van der Waals surface area contributed by atoms with Crippen molar-refractivity contribution < 1.29 is 9.47 Å². The summed E-state index contributed by atoms with van der Waals surface area (Å²) < 4.78 is 14.1. The summed E-state index contributed by atoms with van der Waals surface area (Å²) in [6.07, 6.45) is 8.37. The zero-order valence-corrected chi connectivity index (χ0v) is 22.4. The number of nitrogens with one attached hydrogen (secondary N) is 1. The Morgan fingerprint density at radius 3 is 2.67 bits per heavy atom. The maximum absolute atomic E-state index is 6.44. The molecule has 1 N–H and O–H groups in total. The molecular weight excluding hydrogens is 506 g/mol. The van der Waals surface area contributed by atoms with E-state index in [4.69, 9.17) is 14.5 Å². The van der Waals surface area contributed by atoms with E-state index in [9.17, 15) is 0 Å². The molecule has 0 amide bonds. The van der Waals surface area contributed by atoms with Gasteiger partial charge in [0.2, 0.25) is 5.88 Å². The number of ether oxygens (including phenoxy) is 2. The molecule has 5 heterocycles. The van der Waals surface area contributed by atoms with E-state index in [2.05, 4.69) is 54.3 Å². The molecule has 3 aliphatic rings. The minimum absolute atomic E-state index is 0.302. The summed E-state index contributed by atoms with van der Waals surface area (Å²) in [6, 6.07) is 12.9. The van der Waals surface area contributed by atoms with Crippen LogP contribution in [-0.2, 0) is 0 Å². The smallest absolute Gasteiger partial charge is 0.224 e. The summed E-state index contributed by atoms with van der Waals surface area (Å²) in [4.78, 5) is 22.8. The number of anilines is 3. The summed E-state index contributed by atoms with van der Waals surface area (Å²) >= 11 is 0. The highest BCUT2D eigenvalue weighted by molar-refractivity contribution is 6.04. The third-order valence-corrected chi connectivity index (χ3v) is 8.22. The number of hydrogen-bond acceptors (Lipinski definition) is 10. The minimum Gasteiger partial charge on any atom is -0.488 e. The van der Waals surface area contributed by atoms with E-state index >= 15 is 0 Å². The van der Waals surface area contributed by atoms with Gasteiger partial charge in [-0.25, -0.2) is 24.5 Å². The Morgan fingerprint density at radius 2 is 1.82 bits per heavy atom. The number of benzene rings is 2. The highest BCUT2D eigenvalue weighted by atomic mass is 16.5. The molecule has 1 saturated carbocycles. The average Bonchev–Trinajstić information content (AvgIpc) is 3.55. The molecule has 0 spiro atoms. The van der Waals surface area contributed by atoms with Crippen molar-refractivity contribution >= 4 is 33.7 Å². The van der Waals surface area contributed by atoms with E-state index in [1.165, 1.54) is 6.33 Å². The molecule has 0 radical (unpaired) electrons. The maximum Gasteiger partial charge on any atom is 0.224 e. The van der Waals surface area contributed by atoms with Gasteiger partial charge < -0.3 is 19.7 Å². The van der Waals surface area contributed by atoms with Gasteiger partial charge in [0.05, 0.1) is 22.7 Å². The lowest BCUT2D eigenvalue weighted by Gasteiger charge is -2.48. The zero-order valence-electron chi connectivity index (χ0n) is 22.4. The molecule has 8 rings (SSSR count). The van der Waals surface area contributed by atoms with Gasteiger partial charge in [0.25, 0.3) is 0 Å². The Kier molecular flexibility index (Phi) is 5.27. The molecule has 202 valence electrons. The highest BCUT2D eigenvalue weighted by Gasteiger charge is 2.47. The predicted octanol–water partition coefficient (Wildman–Crippen LogP) is 4.35. The molecule has 3 aromatic heterocycles. The van der Waals surface area contributed by atoms with Gasteiger partial charge in [0, 0.05) is 36.9 Å². The van der Waals surface area contributed by atoms with Crippen molar-refractivity contribution in [2.24, 2.45) is 0 Å². The summed E-state index contributed by atoms with van der Waals surface area (Å²) in [5.41, 5.74) is 4.55. The quantitative estimate of drug-likeness (QED) is 0.323. The lowest BCUT2D eigenvalue weighted by atomic mass is 9.94. The molecule has 0 bridgehead atoms.